The Morgan fingerprint density at radius 2 is 1.14 bits per heavy atom. The van der Waals surface area contributed by atoms with Gasteiger partial charge in [-0.1, -0.05) is 111 Å². The fraction of sp³-hybridized carbons (Fsp3) is 0.143. The molecule has 0 radical (unpaired) electrons. The molecule has 0 fully saturated rings. The Morgan fingerprint density at radius 3 is 1.97 bits per heavy atom. The van der Waals surface area contributed by atoms with Gasteiger partial charge in [0, 0.05) is 16.5 Å². The largest absolute Gasteiger partial charge is 0.457 e. The van der Waals surface area contributed by atoms with Gasteiger partial charge in [0.2, 0.25) is 0 Å². The van der Waals surface area contributed by atoms with Crippen LogP contribution in [0.3, 0.4) is 0 Å². The van der Waals surface area contributed by atoms with Gasteiger partial charge in [0.25, 0.3) is 0 Å². The van der Waals surface area contributed by atoms with Crippen LogP contribution in [-0.4, -0.2) is 0 Å². The molecule has 1 aliphatic carbocycles. The van der Waals surface area contributed by atoms with Crippen LogP contribution >= 0.6 is 0 Å². The summed E-state index contributed by atoms with van der Waals surface area (Å²) in [6, 6.07) is 41.7. The van der Waals surface area contributed by atoms with Crippen LogP contribution in [0.1, 0.15) is 48.6 Å². The number of benzene rings is 5. The summed E-state index contributed by atoms with van der Waals surface area (Å²) in [5, 5.41) is 0. The molecule has 0 spiro atoms. The molecule has 0 bridgehead atoms. The zero-order valence-electron chi connectivity index (χ0n) is 20.9. The molecule has 1 unspecified atom stereocenters. The number of para-hydroxylation sites is 1. The first-order valence-corrected chi connectivity index (χ1v) is 12.7. The topological polar surface area (TPSA) is 9.23 Å². The highest BCUT2D eigenvalue weighted by Crippen LogP contribution is 2.55. The van der Waals surface area contributed by atoms with Crippen LogP contribution in [0.4, 0.5) is 0 Å². The van der Waals surface area contributed by atoms with E-state index in [2.05, 4.69) is 136 Å². The Hall–Kier alpha value is -4.10. The number of ether oxygens (including phenoxy) is 1. The first kappa shape index (κ1) is 21.2. The summed E-state index contributed by atoms with van der Waals surface area (Å²) in [6.45, 7) is 7.03. The van der Waals surface area contributed by atoms with E-state index in [0.717, 1.165) is 11.5 Å². The van der Waals surface area contributed by atoms with E-state index in [1.165, 1.54) is 50.1 Å². The lowest BCUT2D eigenvalue weighted by molar-refractivity contribution is 0.428. The lowest BCUT2D eigenvalue weighted by Gasteiger charge is -2.39. The van der Waals surface area contributed by atoms with Crippen molar-refractivity contribution in [3.05, 3.63) is 143 Å². The van der Waals surface area contributed by atoms with E-state index in [4.69, 9.17) is 4.74 Å². The van der Waals surface area contributed by atoms with Crippen LogP contribution < -0.4 is 4.74 Å². The van der Waals surface area contributed by atoms with Crippen molar-refractivity contribution in [3.63, 3.8) is 0 Å². The quantitative estimate of drug-likeness (QED) is 0.253. The van der Waals surface area contributed by atoms with Crippen LogP contribution in [0.2, 0.25) is 0 Å². The molecule has 0 saturated heterocycles. The molecule has 0 aromatic heterocycles. The fourth-order valence-corrected chi connectivity index (χ4v) is 6.54. The van der Waals surface area contributed by atoms with Crippen molar-refractivity contribution < 1.29 is 4.74 Å². The van der Waals surface area contributed by atoms with Crippen molar-refractivity contribution in [3.8, 4) is 33.8 Å². The Labute approximate surface area is 213 Å². The first-order valence-electron chi connectivity index (χ1n) is 12.7. The monoisotopic (exact) mass is 464 g/mol. The lowest BCUT2D eigenvalue weighted by Crippen LogP contribution is -2.30. The first-order chi connectivity index (χ1) is 17.5. The standard InChI is InChI=1S/C35H28O/c1-34(2)28-16-8-7-14-26(28)27-21-20-23(22-30(27)34)25-15-11-19-32-33(25)35(3,24-12-5-4-6-13-24)29-17-9-10-18-31(29)36-32/h4-22H,1-3H3. The highest BCUT2D eigenvalue weighted by molar-refractivity contribution is 5.85. The number of hydrogen-bond acceptors (Lipinski definition) is 1. The van der Waals surface area contributed by atoms with E-state index in [1.54, 1.807) is 0 Å². The molecule has 5 aromatic carbocycles. The minimum Gasteiger partial charge on any atom is -0.457 e. The van der Waals surface area contributed by atoms with E-state index in [1.807, 2.05) is 0 Å². The highest BCUT2D eigenvalue weighted by atomic mass is 16.5. The molecule has 1 aliphatic heterocycles. The molecular weight excluding hydrogens is 436 g/mol. The molecule has 1 atom stereocenters. The molecule has 2 aliphatic rings. The van der Waals surface area contributed by atoms with Crippen LogP contribution in [0.25, 0.3) is 22.3 Å². The zero-order chi connectivity index (χ0) is 24.5. The van der Waals surface area contributed by atoms with Crippen molar-refractivity contribution in [2.45, 2.75) is 31.6 Å². The Morgan fingerprint density at radius 1 is 0.500 bits per heavy atom. The zero-order valence-corrected chi connectivity index (χ0v) is 20.9. The molecule has 0 amide bonds. The minimum atomic E-state index is -0.348. The van der Waals surface area contributed by atoms with Crippen molar-refractivity contribution in [2.75, 3.05) is 0 Å². The number of hydrogen-bond donors (Lipinski definition) is 0. The van der Waals surface area contributed by atoms with Crippen LogP contribution in [0.15, 0.2) is 115 Å². The Kier molecular flexibility index (Phi) is 4.39. The van der Waals surface area contributed by atoms with Gasteiger partial charge in [-0.05, 0) is 64.1 Å². The summed E-state index contributed by atoms with van der Waals surface area (Å²) < 4.78 is 6.54. The normalized spacial score (nSPS) is 18.4. The Bertz CT molecular complexity index is 1640. The molecule has 5 aromatic rings. The smallest absolute Gasteiger partial charge is 0.132 e. The maximum atomic E-state index is 6.54. The van der Waals surface area contributed by atoms with E-state index in [0.29, 0.717) is 0 Å². The Balaban J connectivity index is 1.49. The van der Waals surface area contributed by atoms with Crippen molar-refractivity contribution in [1.29, 1.82) is 0 Å². The number of fused-ring (bicyclic) bond motifs is 5. The lowest BCUT2D eigenvalue weighted by atomic mass is 9.67. The molecule has 0 saturated carbocycles. The second kappa shape index (κ2) is 7.45. The summed E-state index contributed by atoms with van der Waals surface area (Å²) in [5.41, 5.74) is 11.2. The van der Waals surface area contributed by atoms with Crippen LogP contribution in [0, 0.1) is 0 Å². The maximum absolute atomic E-state index is 6.54. The third-order valence-electron chi connectivity index (χ3n) is 8.42. The van der Waals surface area contributed by atoms with E-state index in [9.17, 15) is 0 Å². The summed E-state index contributed by atoms with van der Waals surface area (Å²) in [4.78, 5) is 0. The van der Waals surface area contributed by atoms with Gasteiger partial charge in [0.05, 0.1) is 5.41 Å². The fourth-order valence-electron chi connectivity index (χ4n) is 6.54. The van der Waals surface area contributed by atoms with Gasteiger partial charge in [0.15, 0.2) is 0 Å². The SMILES string of the molecule is CC1(C)c2ccccc2-c2ccc(-c3cccc4c3C(C)(c3ccccc3)c3ccccc3O4)cc21. The van der Waals surface area contributed by atoms with Crippen LogP contribution in [-0.2, 0) is 10.8 Å². The second-order valence-corrected chi connectivity index (χ2v) is 10.7. The van der Waals surface area contributed by atoms with Gasteiger partial charge in [-0.15, -0.1) is 0 Å². The van der Waals surface area contributed by atoms with E-state index in [-0.39, 0.29) is 10.8 Å². The van der Waals surface area contributed by atoms with Crippen LogP contribution in [0.5, 0.6) is 11.5 Å². The van der Waals surface area contributed by atoms with E-state index < -0.39 is 0 Å². The third-order valence-corrected chi connectivity index (χ3v) is 8.42. The third kappa shape index (κ3) is 2.77. The predicted octanol–water partition coefficient (Wildman–Crippen LogP) is 9.12. The van der Waals surface area contributed by atoms with Gasteiger partial charge < -0.3 is 4.74 Å². The molecule has 1 nitrogen and oxygen atoms in total. The van der Waals surface area contributed by atoms with Gasteiger partial charge in [-0.3, -0.25) is 0 Å². The average Bonchev–Trinajstić information content (AvgIpc) is 3.15. The van der Waals surface area contributed by atoms with Crippen molar-refractivity contribution in [1.82, 2.24) is 0 Å². The summed E-state index contributed by atoms with van der Waals surface area (Å²) in [7, 11) is 0. The molecular formula is C35H28O. The van der Waals surface area contributed by atoms with Gasteiger partial charge in [-0.2, -0.15) is 0 Å². The summed E-state index contributed by atoms with van der Waals surface area (Å²) in [6.07, 6.45) is 0. The van der Waals surface area contributed by atoms with Gasteiger partial charge in [-0.25, -0.2) is 0 Å². The molecule has 1 heterocycles. The highest BCUT2D eigenvalue weighted by Gasteiger charge is 2.42. The van der Waals surface area contributed by atoms with Crippen molar-refractivity contribution >= 4 is 0 Å². The molecule has 0 N–H and O–H groups in total. The minimum absolute atomic E-state index is 0.0391. The summed E-state index contributed by atoms with van der Waals surface area (Å²) >= 11 is 0. The summed E-state index contributed by atoms with van der Waals surface area (Å²) in [5.74, 6) is 1.86. The van der Waals surface area contributed by atoms with Gasteiger partial charge >= 0.3 is 0 Å². The number of rotatable bonds is 2. The average molecular weight is 465 g/mol. The van der Waals surface area contributed by atoms with Crippen molar-refractivity contribution in [2.24, 2.45) is 0 Å². The second-order valence-electron chi connectivity index (χ2n) is 10.7. The maximum Gasteiger partial charge on any atom is 0.132 e. The van der Waals surface area contributed by atoms with Gasteiger partial charge in [0.1, 0.15) is 11.5 Å². The van der Waals surface area contributed by atoms with E-state index >= 15 is 0 Å². The molecule has 7 rings (SSSR count). The molecule has 36 heavy (non-hydrogen) atoms. The predicted molar refractivity (Wildman–Crippen MR) is 148 cm³/mol. The molecule has 174 valence electrons. The molecule has 1 heteroatoms.